The van der Waals surface area contributed by atoms with Gasteiger partial charge < -0.3 is 14.3 Å². The fourth-order valence-corrected chi connectivity index (χ4v) is 3.23. The molecule has 0 amide bonds. The third kappa shape index (κ3) is 3.30. The monoisotopic (exact) mass is 367 g/mol. The number of benzene rings is 2. The molecule has 4 rings (SSSR count). The maximum Gasteiger partial charge on any atom is 0.308 e. The van der Waals surface area contributed by atoms with Gasteiger partial charge in [-0.25, -0.2) is 4.98 Å². The summed E-state index contributed by atoms with van der Waals surface area (Å²) in [6.45, 7) is 2.39. The molecule has 0 aliphatic rings. The summed E-state index contributed by atoms with van der Waals surface area (Å²) < 4.78 is 7.59. The third-order valence-corrected chi connectivity index (χ3v) is 4.63. The van der Waals surface area contributed by atoms with Crippen molar-refractivity contribution in [3.63, 3.8) is 0 Å². The predicted octanol–water partition coefficient (Wildman–Crippen LogP) is 4.87. The molecule has 0 saturated carbocycles. The molecule has 1 unspecified atom stereocenters. The summed E-state index contributed by atoms with van der Waals surface area (Å²) >= 11 is 5.99. The zero-order chi connectivity index (χ0) is 18.1. The molecule has 2 aromatic carbocycles. The van der Waals surface area contributed by atoms with E-state index in [0.717, 1.165) is 21.9 Å². The fourth-order valence-electron chi connectivity index (χ4n) is 3.05. The summed E-state index contributed by atoms with van der Waals surface area (Å²) in [5.74, 6) is 0.357. The first kappa shape index (κ1) is 16.7. The number of carbonyl (C=O) groups excluding carboxylic acids is 1. The van der Waals surface area contributed by atoms with Crippen molar-refractivity contribution in [2.45, 2.75) is 26.0 Å². The molecule has 0 saturated heterocycles. The fraction of sp³-hybridized carbons (Fsp3) is 0.200. The number of hydrogen-bond acceptors (Lipinski definition) is 3. The summed E-state index contributed by atoms with van der Waals surface area (Å²) in [4.78, 5) is 19.8. The molecule has 0 aliphatic heterocycles. The molecule has 4 aromatic rings. The Bertz CT molecular complexity index is 1080. The molecule has 0 spiro atoms. The molecule has 2 heterocycles. The van der Waals surface area contributed by atoms with Gasteiger partial charge in [-0.1, -0.05) is 29.8 Å². The normalized spacial score (nSPS) is 12.5. The van der Waals surface area contributed by atoms with Gasteiger partial charge in [0.2, 0.25) is 0 Å². The lowest BCUT2D eigenvalue weighted by atomic mass is 10.2. The van der Waals surface area contributed by atoms with Gasteiger partial charge in [0.05, 0.1) is 17.5 Å². The van der Waals surface area contributed by atoms with Crippen LogP contribution in [-0.4, -0.2) is 20.5 Å². The highest BCUT2D eigenvalue weighted by Crippen LogP contribution is 2.22. The Balaban J connectivity index is 1.40. The van der Waals surface area contributed by atoms with Crippen molar-refractivity contribution in [1.82, 2.24) is 14.5 Å². The average Bonchev–Trinajstić information content (AvgIpc) is 3.23. The summed E-state index contributed by atoms with van der Waals surface area (Å²) in [5.41, 5.74) is 2.74. The van der Waals surface area contributed by atoms with E-state index >= 15 is 0 Å². The van der Waals surface area contributed by atoms with E-state index in [9.17, 15) is 4.79 Å². The number of rotatable bonds is 5. The van der Waals surface area contributed by atoms with Crippen molar-refractivity contribution >= 4 is 39.5 Å². The summed E-state index contributed by atoms with van der Waals surface area (Å²) in [6, 6.07) is 15.6. The first-order valence-electron chi connectivity index (χ1n) is 8.49. The second kappa shape index (κ2) is 6.84. The number of fused-ring (bicyclic) bond motifs is 2. The van der Waals surface area contributed by atoms with Crippen LogP contribution >= 0.6 is 11.6 Å². The van der Waals surface area contributed by atoms with Crippen LogP contribution in [0.25, 0.3) is 21.9 Å². The number of ether oxygens (including phenoxy) is 1. The smallest absolute Gasteiger partial charge is 0.308 e. The molecular weight excluding hydrogens is 350 g/mol. The maximum atomic E-state index is 12.2. The highest BCUT2D eigenvalue weighted by atomic mass is 35.5. The van der Waals surface area contributed by atoms with E-state index < -0.39 is 6.10 Å². The molecule has 0 aliphatic carbocycles. The maximum absolute atomic E-state index is 12.2. The topological polar surface area (TPSA) is 59.9 Å². The van der Waals surface area contributed by atoms with Crippen molar-refractivity contribution in [3.05, 3.63) is 65.6 Å². The minimum atomic E-state index is -0.449. The average molecular weight is 368 g/mol. The lowest BCUT2D eigenvalue weighted by molar-refractivity contribution is -0.149. The van der Waals surface area contributed by atoms with Crippen molar-refractivity contribution < 1.29 is 9.53 Å². The number of carbonyl (C=O) groups is 1. The lowest BCUT2D eigenvalue weighted by Crippen LogP contribution is -2.12. The van der Waals surface area contributed by atoms with Crippen LogP contribution in [0.3, 0.4) is 0 Å². The Labute approximate surface area is 155 Å². The number of nitrogens with zero attached hydrogens (tertiary/aromatic N) is 2. The van der Waals surface area contributed by atoms with Gasteiger partial charge in [-0.2, -0.15) is 0 Å². The molecule has 5 nitrogen and oxygen atoms in total. The van der Waals surface area contributed by atoms with Gasteiger partial charge in [-0.05, 0) is 42.6 Å². The number of aryl methyl sites for hydroxylation is 1. The standard InChI is InChI=1S/C20H18ClN3O2/c1-13(20-22-16-7-6-15(21)12-17(16)23-20)26-19(25)9-11-24-10-8-14-4-2-3-5-18(14)24/h2-8,10,12-13H,9,11H2,1H3,(H,22,23). The van der Waals surface area contributed by atoms with Gasteiger partial charge in [0.1, 0.15) is 5.82 Å². The number of hydrogen-bond donors (Lipinski definition) is 1. The van der Waals surface area contributed by atoms with Crippen molar-refractivity contribution in [1.29, 1.82) is 0 Å². The third-order valence-electron chi connectivity index (χ3n) is 4.39. The van der Waals surface area contributed by atoms with Crippen LogP contribution in [-0.2, 0) is 16.1 Å². The Morgan fingerprint density at radius 1 is 1.27 bits per heavy atom. The van der Waals surface area contributed by atoms with E-state index in [0.29, 0.717) is 23.8 Å². The minimum Gasteiger partial charge on any atom is -0.454 e. The molecule has 1 atom stereocenters. The summed E-state index contributed by atoms with van der Waals surface area (Å²) in [5, 5.41) is 1.80. The Kier molecular flexibility index (Phi) is 4.39. The van der Waals surface area contributed by atoms with Crippen LogP contribution in [0.5, 0.6) is 0 Å². The van der Waals surface area contributed by atoms with Crippen LogP contribution in [0.4, 0.5) is 0 Å². The van der Waals surface area contributed by atoms with Crippen LogP contribution in [0.15, 0.2) is 54.7 Å². The number of H-pyrrole nitrogens is 1. The number of nitrogens with one attached hydrogen (secondary N) is 1. The number of aromatic nitrogens is 3. The molecule has 0 fully saturated rings. The van der Waals surface area contributed by atoms with Crippen LogP contribution in [0.1, 0.15) is 25.3 Å². The van der Waals surface area contributed by atoms with Crippen LogP contribution in [0, 0.1) is 0 Å². The molecule has 1 N–H and O–H groups in total. The lowest BCUT2D eigenvalue weighted by Gasteiger charge is -2.11. The number of para-hydroxylation sites is 1. The molecule has 6 heteroatoms. The summed E-state index contributed by atoms with van der Waals surface area (Å²) in [6.07, 6.45) is 1.84. The molecule has 2 aromatic heterocycles. The number of aromatic amines is 1. The zero-order valence-corrected chi connectivity index (χ0v) is 15.0. The van der Waals surface area contributed by atoms with Crippen molar-refractivity contribution in [2.75, 3.05) is 0 Å². The van der Waals surface area contributed by atoms with Gasteiger partial charge in [-0.15, -0.1) is 0 Å². The molecule has 26 heavy (non-hydrogen) atoms. The highest BCUT2D eigenvalue weighted by Gasteiger charge is 2.16. The first-order valence-corrected chi connectivity index (χ1v) is 8.86. The predicted molar refractivity (Wildman–Crippen MR) is 102 cm³/mol. The highest BCUT2D eigenvalue weighted by molar-refractivity contribution is 6.31. The van der Waals surface area contributed by atoms with Gasteiger partial charge in [0, 0.05) is 23.3 Å². The second-order valence-corrected chi connectivity index (χ2v) is 6.67. The molecular formula is C20H18ClN3O2. The Hall–Kier alpha value is -2.79. The largest absolute Gasteiger partial charge is 0.454 e. The molecule has 0 bridgehead atoms. The quantitative estimate of drug-likeness (QED) is 0.512. The van der Waals surface area contributed by atoms with Gasteiger partial charge in [-0.3, -0.25) is 4.79 Å². The molecule has 132 valence electrons. The SMILES string of the molecule is CC(OC(=O)CCn1ccc2ccccc21)c1nc2ccc(Cl)cc2[nH]1. The van der Waals surface area contributed by atoms with Gasteiger partial charge in [0.15, 0.2) is 6.10 Å². The van der Waals surface area contributed by atoms with E-state index in [1.165, 1.54) is 0 Å². The van der Waals surface area contributed by atoms with Crippen molar-refractivity contribution in [3.8, 4) is 0 Å². The second-order valence-electron chi connectivity index (χ2n) is 6.23. The summed E-state index contributed by atoms with van der Waals surface area (Å²) in [7, 11) is 0. The van der Waals surface area contributed by atoms with Crippen LogP contribution < -0.4 is 0 Å². The zero-order valence-electron chi connectivity index (χ0n) is 14.3. The van der Waals surface area contributed by atoms with Crippen molar-refractivity contribution in [2.24, 2.45) is 0 Å². The van der Waals surface area contributed by atoms with Crippen LogP contribution in [0.2, 0.25) is 5.02 Å². The van der Waals surface area contributed by atoms with E-state index in [-0.39, 0.29) is 5.97 Å². The van der Waals surface area contributed by atoms with E-state index in [1.54, 1.807) is 12.1 Å². The van der Waals surface area contributed by atoms with Gasteiger partial charge in [0.25, 0.3) is 0 Å². The van der Waals surface area contributed by atoms with E-state index in [1.807, 2.05) is 43.5 Å². The number of esters is 1. The van der Waals surface area contributed by atoms with E-state index in [2.05, 4.69) is 20.6 Å². The molecule has 0 radical (unpaired) electrons. The number of imidazole rings is 1. The Morgan fingerprint density at radius 3 is 3.00 bits per heavy atom. The minimum absolute atomic E-state index is 0.256. The Morgan fingerprint density at radius 2 is 2.12 bits per heavy atom. The number of halogens is 1. The first-order chi connectivity index (χ1) is 12.6. The van der Waals surface area contributed by atoms with E-state index in [4.69, 9.17) is 16.3 Å². The van der Waals surface area contributed by atoms with Gasteiger partial charge >= 0.3 is 5.97 Å².